The Hall–Kier alpha value is 0. The van der Waals surface area contributed by atoms with Crippen LogP contribution in [0.25, 0.3) is 0 Å². The highest BCUT2D eigenvalue weighted by Gasteiger charge is 2.21. The fraction of sp³-hybridized carbons (Fsp3) is 0.900. The predicted octanol–water partition coefficient (Wildman–Crippen LogP) is 3.43. The first-order chi connectivity index (χ1) is 4.68. The highest BCUT2D eigenvalue weighted by Crippen LogP contribution is 2.34. The molecule has 0 heterocycles. The zero-order chi connectivity index (χ0) is 7.56. The number of hydrogen-bond donors (Lipinski definition) is 0. The molecule has 0 aromatic rings. The van der Waals surface area contributed by atoms with Crippen LogP contribution >= 0.6 is 0 Å². The molecule has 2 unspecified atom stereocenters. The van der Waals surface area contributed by atoms with E-state index in [4.69, 9.17) is 0 Å². The van der Waals surface area contributed by atoms with Crippen LogP contribution in [0.2, 0.25) is 0 Å². The lowest BCUT2D eigenvalue weighted by molar-refractivity contribution is 0.490. The van der Waals surface area contributed by atoms with Crippen molar-refractivity contribution in [1.29, 1.82) is 0 Å². The molecule has 0 saturated heterocycles. The third-order valence-corrected chi connectivity index (χ3v) is 2.50. The van der Waals surface area contributed by atoms with Gasteiger partial charge < -0.3 is 0 Å². The second-order valence-corrected chi connectivity index (χ2v) is 4.20. The molecule has 0 aromatic heterocycles. The second-order valence-electron chi connectivity index (χ2n) is 4.20. The van der Waals surface area contributed by atoms with Gasteiger partial charge in [-0.25, -0.2) is 0 Å². The zero-order valence-corrected chi connectivity index (χ0v) is 7.48. The number of hydrogen-bond acceptors (Lipinski definition) is 0. The minimum Gasteiger partial charge on any atom is -0.0625 e. The Morgan fingerprint density at radius 3 is 2.40 bits per heavy atom. The van der Waals surface area contributed by atoms with E-state index in [-0.39, 0.29) is 0 Å². The first-order valence-corrected chi connectivity index (χ1v) is 4.47. The van der Waals surface area contributed by atoms with Crippen molar-refractivity contribution in [2.24, 2.45) is 11.8 Å². The SMILES string of the molecule is C[C](C)CC1CCC(C)C1. The zero-order valence-electron chi connectivity index (χ0n) is 7.48. The first kappa shape index (κ1) is 8.10. The van der Waals surface area contributed by atoms with Crippen LogP contribution in [0.15, 0.2) is 0 Å². The van der Waals surface area contributed by atoms with Gasteiger partial charge >= 0.3 is 0 Å². The maximum Gasteiger partial charge on any atom is -0.0300 e. The van der Waals surface area contributed by atoms with E-state index in [0.29, 0.717) is 0 Å². The molecule has 0 nitrogen and oxygen atoms in total. The quantitative estimate of drug-likeness (QED) is 0.550. The van der Waals surface area contributed by atoms with E-state index in [1.807, 2.05) is 0 Å². The fourth-order valence-corrected chi connectivity index (χ4v) is 2.09. The van der Waals surface area contributed by atoms with Crippen LogP contribution in [0.3, 0.4) is 0 Å². The topological polar surface area (TPSA) is 0 Å². The summed E-state index contributed by atoms with van der Waals surface area (Å²) in [7, 11) is 0. The molecule has 1 fully saturated rings. The molecule has 0 bridgehead atoms. The van der Waals surface area contributed by atoms with Gasteiger partial charge in [0.1, 0.15) is 0 Å². The molecule has 0 spiro atoms. The maximum atomic E-state index is 2.38. The fourth-order valence-electron chi connectivity index (χ4n) is 2.09. The van der Waals surface area contributed by atoms with Gasteiger partial charge in [0, 0.05) is 0 Å². The monoisotopic (exact) mass is 139 g/mol. The second kappa shape index (κ2) is 3.41. The predicted molar refractivity (Wildman–Crippen MR) is 45.7 cm³/mol. The number of rotatable bonds is 2. The van der Waals surface area contributed by atoms with E-state index in [1.54, 1.807) is 5.92 Å². The lowest BCUT2D eigenvalue weighted by atomic mass is 9.95. The largest absolute Gasteiger partial charge is 0.0625 e. The average molecular weight is 139 g/mol. The summed E-state index contributed by atoms with van der Waals surface area (Å²) in [4.78, 5) is 0. The molecule has 10 heavy (non-hydrogen) atoms. The molecule has 1 aliphatic carbocycles. The van der Waals surface area contributed by atoms with E-state index in [2.05, 4.69) is 20.8 Å². The molecule has 2 atom stereocenters. The molecule has 1 aliphatic rings. The summed E-state index contributed by atoms with van der Waals surface area (Å²) in [5, 5.41) is 0. The molecule has 1 radical (unpaired) electrons. The molecular formula is C10H19. The highest BCUT2D eigenvalue weighted by molar-refractivity contribution is 4.84. The lowest BCUT2D eigenvalue weighted by Crippen LogP contribution is -1.98. The summed E-state index contributed by atoms with van der Waals surface area (Å²) < 4.78 is 0. The maximum absolute atomic E-state index is 2.38. The van der Waals surface area contributed by atoms with Crippen molar-refractivity contribution < 1.29 is 0 Å². The van der Waals surface area contributed by atoms with Crippen LogP contribution in [-0.2, 0) is 0 Å². The van der Waals surface area contributed by atoms with Crippen LogP contribution in [0.4, 0.5) is 0 Å². The minimum absolute atomic E-state index is 1.00. The van der Waals surface area contributed by atoms with Crippen LogP contribution in [-0.4, -0.2) is 0 Å². The molecule has 0 amide bonds. The van der Waals surface area contributed by atoms with Gasteiger partial charge in [0.2, 0.25) is 0 Å². The van der Waals surface area contributed by atoms with Gasteiger partial charge in [-0.3, -0.25) is 0 Å². The normalized spacial score (nSPS) is 33.6. The van der Waals surface area contributed by atoms with Crippen LogP contribution in [0, 0.1) is 17.8 Å². The van der Waals surface area contributed by atoms with Crippen LogP contribution in [0.1, 0.15) is 46.5 Å². The Morgan fingerprint density at radius 1 is 1.30 bits per heavy atom. The summed E-state index contributed by atoms with van der Waals surface area (Å²) in [6, 6.07) is 0. The Balaban J connectivity index is 2.18. The average Bonchev–Trinajstić information content (AvgIpc) is 2.13. The highest BCUT2D eigenvalue weighted by atomic mass is 14.3. The molecule has 0 heteroatoms. The van der Waals surface area contributed by atoms with Crippen LogP contribution < -0.4 is 0 Å². The summed E-state index contributed by atoms with van der Waals surface area (Å²) in [5.41, 5.74) is 0. The summed E-state index contributed by atoms with van der Waals surface area (Å²) >= 11 is 0. The molecular weight excluding hydrogens is 120 g/mol. The van der Waals surface area contributed by atoms with E-state index in [1.165, 1.54) is 25.7 Å². The van der Waals surface area contributed by atoms with Crippen LogP contribution in [0.5, 0.6) is 0 Å². The molecule has 0 aromatic carbocycles. The van der Waals surface area contributed by atoms with Crippen molar-refractivity contribution in [3.8, 4) is 0 Å². The standard InChI is InChI=1S/C10H19/c1-8(2)6-10-5-4-9(3)7-10/h9-10H,4-7H2,1-3H3. The van der Waals surface area contributed by atoms with Crippen molar-refractivity contribution in [3.63, 3.8) is 0 Å². The van der Waals surface area contributed by atoms with Gasteiger partial charge in [0.05, 0.1) is 0 Å². The molecule has 59 valence electrons. The lowest BCUT2D eigenvalue weighted by Gasteiger charge is -2.10. The molecule has 0 N–H and O–H groups in total. The van der Waals surface area contributed by atoms with Gasteiger partial charge in [-0.05, 0) is 30.6 Å². The van der Waals surface area contributed by atoms with Crippen molar-refractivity contribution >= 4 is 0 Å². The van der Waals surface area contributed by atoms with Crippen molar-refractivity contribution in [3.05, 3.63) is 5.92 Å². The van der Waals surface area contributed by atoms with Crippen molar-refractivity contribution in [2.75, 3.05) is 0 Å². The molecule has 1 rings (SSSR count). The Kier molecular flexibility index (Phi) is 2.76. The van der Waals surface area contributed by atoms with Gasteiger partial charge in [-0.15, -0.1) is 0 Å². The van der Waals surface area contributed by atoms with Gasteiger partial charge in [-0.2, -0.15) is 0 Å². The smallest absolute Gasteiger partial charge is 0.0300 e. The Labute approximate surface area is 65.0 Å². The molecule has 1 saturated carbocycles. The van der Waals surface area contributed by atoms with Crippen molar-refractivity contribution in [2.45, 2.75) is 46.5 Å². The van der Waals surface area contributed by atoms with E-state index in [0.717, 1.165) is 11.8 Å². The summed E-state index contributed by atoms with van der Waals surface area (Å²) in [6.07, 6.45) is 5.81. The third-order valence-electron chi connectivity index (χ3n) is 2.50. The summed E-state index contributed by atoms with van der Waals surface area (Å²) in [6.45, 7) is 6.89. The van der Waals surface area contributed by atoms with Gasteiger partial charge in [0.25, 0.3) is 0 Å². The third kappa shape index (κ3) is 2.32. The Morgan fingerprint density at radius 2 is 2.00 bits per heavy atom. The van der Waals surface area contributed by atoms with E-state index >= 15 is 0 Å². The Bertz CT molecular complexity index is 94.2. The van der Waals surface area contributed by atoms with Gasteiger partial charge in [0.15, 0.2) is 0 Å². The van der Waals surface area contributed by atoms with Gasteiger partial charge in [-0.1, -0.05) is 33.6 Å². The van der Waals surface area contributed by atoms with E-state index < -0.39 is 0 Å². The molecule has 0 aliphatic heterocycles. The minimum atomic E-state index is 1.00. The van der Waals surface area contributed by atoms with E-state index in [9.17, 15) is 0 Å². The first-order valence-electron chi connectivity index (χ1n) is 4.47. The van der Waals surface area contributed by atoms with Crippen molar-refractivity contribution in [1.82, 2.24) is 0 Å². The summed E-state index contributed by atoms with van der Waals surface area (Å²) in [5.74, 6) is 3.64.